The zero-order valence-electron chi connectivity index (χ0n) is 8.61. The zero-order chi connectivity index (χ0) is 11.3. The molecule has 0 heterocycles. The number of methoxy groups -OCH3 is 1. The van der Waals surface area contributed by atoms with Crippen LogP contribution in [0.5, 0.6) is 5.75 Å². The summed E-state index contributed by atoms with van der Waals surface area (Å²) < 4.78 is 9.65. The number of carbonyl (C=O) groups excluding carboxylic acids is 1. The highest BCUT2D eigenvalue weighted by molar-refractivity contribution is 5.71. The largest absolute Gasteiger partial charge is 0.482 e. The van der Waals surface area contributed by atoms with Gasteiger partial charge in [-0.2, -0.15) is 5.26 Å². The predicted molar refractivity (Wildman–Crippen MR) is 53.4 cm³/mol. The summed E-state index contributed by atoms with van der Waals surface area (Å²) in [6.45, 7) is 1.69. The summed E-state index contributed by atoms with van der Waals surface area (Å²) in [5.74, 6) is 0.0798. The van der Waals surface area contributed by atoms with Crippen LogP contribution in [-0.2, 0) is 9.53 Å². The third-order valence-electron chi connectivity index (χ3n) is 1.89. The van der Waals surface area contributed by atoms with E-state index in [1.807, 2.05) is 13.0 Å². The van der Waals surface area contributed by atoms with Crippen LogP contribution in [0.4, 0.5) is 0 Å². The maximum atomic E-state index is 10.8. The lowest BCUT2D eigenvalue weighted by Crippen LogP contribution is -2.13. The second kappa shape index (κ2) is 5.01. The molecule has 0 atom stereocenters. The Morgan fingerprint density at radius 1 is 1.53 bits per heavy atom. The van der Waals surface area contributed by atoms with E-state index < -0.39 is 5.97 Å². The van der Waals surface area contributed by atoms with Crippen molar-refractivity contribution in [3.05, 3.63) is 29.3 Å². The van der Waals surface area contributed by atoms with Crippen molar-refractivity contribution in [3.8, 4) is 11.8 Å². The van der Waals surface area contributed by atoms with Gasteiger partial charge in [0.05, 0.1) is 18.7 Å². The molecule has 0 unspecified atom stereocenters. The van der Waals surface area contributed by atoms with Crippen LogP contribution in [-0.4, -0.2) is 19.7 Å². The Kier molecular flexibility index (Phi) is 3.69. The molecule has 78 valence electrons. The molecule has 0 saturated carbocycles. The lowest BCUT2D eigenvalue weighted by atomic mass is 10.1. The second-order valence-electron chi connectivity index (χ2n) is 2.96. The molecule has 0 N–H and O–H groups in total. The standard InChI is InChI=1S/C11H11NO3/c1-8-3-4-9(6-12)5-10(8)15-7-11(13)14-2/h3-5H,7H2,1-2H3. The van der Waals surface area contributed by atoms with Crippen LogP contribution < -0.4 is 4.74 Å². The molecule has 0 bridgehead atoms. The van der Waals surface area contributed by atoms with E-state index in [9.17, 15) is 4.79 Å². The number of rotatable bonds is 3. The topological polar surface area (TPSA) is 59.3 Å². The third-order valence-corrected chi connectivity index (χ3v) is 1.89. The number of nitrogens with zero attached hydrogens (tertiary/aromatic N) is 1. The summed E-state index contributed by atoms with van der Waals surface area (Å²) in [5.41, 5.74) is 1.37. The SMILES string of the molecule is COC(=O)COc1cc(C#N)ccc1C. The van der Waals surface area contributed by atoms with Gasteiger partial charge < -0.3 is 9.47 Å². The summed E-state index contributed by atoms with van der Waals surface area (Å²) in [7, 11) is 1.30. The van der Waals surface area contributed by atoms with E-state index in [1.54, 1.807) is 18.2 Å². The molecule has 4 nitrogen and oxygen atoms in total. The zero-order valence-corrected chi connectivity index (χ0v) is 8.61. The van der Waals surface area contributed by atoms with Gasteiger partial charge in [0.2, 0.25) is 0 Å². The summed E-state index contributed by atoms with van der Waals surface area (Å²) in [6.07, 6.45) is 0. The molecule has 0 spiro atoms. The summed E-state index contributed by atoms with van der Waals surface area (Å²) >= 11 is 0. The van der Waals surface area contributed by atoms with Crippen LogP contribution in [0.15, 0.2) is 18.2 Å². The Labute approximate surface area is 88.0 Å². The van der Waals surface area contributed by atoms with E-state index in [-0.39, 0.29) is 6.61 Å². The van der Waals surface area contributed by atoms with Crippen LogP contribution in [0.25, 0.3) is 0 Å². The van der Waals surface area contributed by atoms with Crippen molar-refractivity contribution in [2.45, 2.75) is 6.92 Å². The quantitative estimate of drug-likeness (QED) is 0.700. The molecule has 1 aromatic rings. The van der Waals surface area contributed by atoms with Gasteiger partial charge in [-0.05, 0) is 24.6 Å². The van der Waals surface area contributed by atoms with Crippen LogP contribution in [0.2, 0.25) is 0 Å². The molecule has 0 aliphatic heterocycles. The number of nitriles is 1. The number of hydrogen-bond donors (Lipinski definition) is 0. The van der Waals surface area contributed by atoms with Crippen LogP contribution in [0.3, 0.4) is 0 Å². The lowest BCUT2D eigenvalue weighted by molar-refractivity contribution is -0.142. The monoisotopic (exact) mass is 205 g/mol. The van der Waals surface area contributed by atoms with Crippen molar-refractivity contribution in [1.82, 2.24) is 0 Å². The van der Waals surface area contributed by atoms with Gasteiger partial charge in [0.25, 0.3) is 0 Å². The van der Waals surface area contributed by atoms with Crippen molar-refractivity contribution in [2.75, 3.05) is 13.7 Å². The van der Waals surface area contributed by atoms with Crippen molar-refractivity contribution < 1.29 is 14.3 Å². The average Bonchev–Trinajstić information content (AvgIpc) is 2.27. The van der Waals surface area contributed by atoms with E-state index in [0.29, 0.717) is 11.3 Å². The van der Waals surface area contributed by atoms with E-state index in [0.717, 1.165) is 5.56 Å². The Hall–Kier alpha value is -2.02. The highest BCUT2D eigenvalue weighted by atomic mass is 16.6. The fourth-order valence-electron chi connectivity index (χ4n) is 1.02. The van der Waals surface area contributed by atoms with Crippen molar-refractivity contribution in [1.29, 1.82) is 5.26 Å². The molecule has 0 aromatic heterocycles. The van der Waals surface area contributed by atoms with Crippen LogP contribution in [0.1, 0.15) is 11.1 Å². The molecule has 1 aromatic carbocycles. The molecule has 0 aliphatic carbocycles. The molecule has 0 amide bonds. The fraction of sp³-hybridized carbons (Fsp3) is 0.273. The highest BCUT2D eigenvalue weighted by Gasteiger charge is 2.05. The predicted octanol–water partition coefficient (Wildman–Crippen LogP) is 1.42. The molecular weight excluding hydrogens is 194 g/mol. The third kappa shape index (κ3) is 2.99. The van der Waals surface area contributed by atoms with Gasteiger partial charge in [-0.1, -0.05) is 6.07 Å². The summed E-state index contributed by atoms with van der Waals surface area (Å²) in [4.78, 5) is 10.8. The first-order chi connectivity index (χ1) is 7.17. The van der Waals surface area contributed by atoms with Gasteiger partial charge in [0, 0.05) is 0 Å². The summed E-state index contributed by atoms with van der Waals surface area (Å²) in [6, 6.07) is 7.06. The first-order valence-corrected chi connectivity index (χ1v) is 4.37. The first kappa shape index (κ1) is 11.1. The smallest absolute Gasteiger partial charge is 0.343 e. The van der Waals surface area contributed by atoms with Gasteiger partial charge in [-0.15, -0.1) is 0 Å². The molecule has 0 fully saturated rings. The minimum Gasteiger partial charge on any atom is -0.482 e. The number of aryl methyl sites for hydroxylation is 1. The number of esters is 1. The average molecular weight is 205 g/mol. The molecule has 4 heteroatoms. The molecule has 0 radical (unpaired) electrons. The Bertz CT molecular complexity index is 407. The van der Waals surface area contributed by atoms with Crippen molar-refractivity contribution in [2.24, 2.45) is 0 Å². The molecule has 0 saturated heterocycles. The van der Waals surface area contributed by atoms with Gasteiger partial charge in [0.1, 0.15) is 5.75 Å². The number of benzene rings is 1. The van der Waals surface area contributed by atoms with E-state index >= 15 is 0 Å². The van der Waals surface area contributed by atoms with Gasteiger partial charge in [-0.25, -0.2) is 4.79 Å². The summed E-state index contributed by atoms with van der Waals surface area (Å²) in [5, 5.41) is 8.68. The minimum absolute atomic E-state index is 0.147. The molecular formula is C11H11NO3. The lowest BCUT2D eigenvalue weighted by Gasteiger charge is -2.07. The fourth-order valence-corrected chi connectivity index (χ4v) is 1.02. The first-order valence-electron chi connectivity index (χ1n) is 4.37. The Morgan fingerprint density at radius 2 is 2.27 bits per heavy atom. The van der Waals surface area contributed by atoms with E-state index in [4.69, 9.17) is 10.00 Å². The molecule has 1 rings (SSSR count). The minimum atomic E-state index is -0.447. The van der Waals surface area contributed by atoms with E-state index in [2.05, 4.69) is 4.74 Å². The number of ether oxygens (including phenoxy) is 2. The van der Waals surface area contributed by atoms with E-state index in [1.165, 1.54) is 7.11 Å². The molecule has 0 aliphatic rings. The number of carbonyl (C=O) groups is 1. The van der Waals surface area contributed by atoms with Gasteiger partial charge >= 0.3 is 5.97 Å². The number of hydrogen-bond acceptors (Lipinski definition) is 4. The molecule has 15 heavy (non-hydrogen) atoms. The maximum absolute atomic E-state index is 10.8. The maximum Gasteiger partial charge on any atom is 0.343 e. The van der Waals surface area contributed by atoms with Gasteiger partial charge in [0.15, 0.2) is 6.61 Å². The highest BCUT2D eigenvalue weighted by Crippen LogP contribution is 2.18. The van der Waals surface area contributed by atoms with Crippen molar-refractivity contribution >= 4 is 5.97 Å². The van der Waals surface area contributed by atoms with Gasteiger partial charge in [-0.3, -0.25) is 0 Å². The van der Waals surface area contributed by atoms with Crippen molar-refractivity contribution in [3.63, 3.8) is 0 Å². The second-order valence-corrected chi connectivity index (χ2v) is 2.96. The van der Waals surface area contributed by atoms with Crippen LogP contribution in [0, 0.1) is 18.3 Å². The van der Waals surface area contributed by atoms with Crippen LogP contribution >= 0.6 is 0 Å². The Morgan fingerprint density at radius 3 is 2.87 bits per heavy atom. The Balaban J connectivity index is 2.76. The normalized spacial score (nSPS) is 9.13.